The number of pyridine rings is 1. The van der Waals surface area contributed by atoms with Crippen molar-refractivity contribution in [2.24, 2.45) is 0 Å². The summed E-state index contributed by atoms with van der Waals surface area (Å²) in [5.41, 5.74) is 1.76. The highest BCUT2D eigenvalue weighted by Gasteiger charge is 1.99. The minimum absolute atomic E-state index is 0.300. The first-order chi connectivity index (χ1) is 5.24. The van der Waals surface area contributed by atoms with E-state index in [4.69, 9.17) is 9.68 Å². The summed E-state index contributed by atoms with van der Waals surface area (Å²) in [5, 5.41) is 8.46. The molecular formula is C7H10BNO2. The van der Waals surface area contributed by atoms with Gasteiger partial charge in [-0.25, -0.2) is 0 Å². The van der Waals surface area contributed by atoms with Crippen molar-refractivity contribution in [1.29, 1.82) is 0 Å². The molecule has 1 aromatic heterocycles. The topological polar surface area (TPSA) is 42.4 Å². The molecule has 0 atom stereocenters. The molecule has 0 aliphatic carbocycles. The summed E-state index contributed by atoms with van der Waals surface area (Å²) in [6, 6.07) is 3.64. The lowest BCUT2D eigenvalue weighted by molar-refractivity contribution is 0.450. The molecular weight excluding hydrogens is 141 g/mol. The Bertz CT molecular complexity index is 252. The SMILES string of the molecule is Cc1ccc(OBO)c(C)n1. The first-order valence-corrected chi connectivity index (χ1v) is 3.42. The Hall–Kier alpha value is -1.03. The largest absolute Gasteiger partial charge is 0.538 e. The quantitative estimate of drug-likeness (QED) is 0.619. The van der Waals surface area contributed by atoms with Crippen molar-refractivity contribution in [3.05, 3.63) is 23.5 Å². The fourth-order valence-electron chi connectivity index (χ4n) is 0.896. The van der Waals surface area contributed by atoms with Crippen molar-refractivity contribution in [2.75, 3.05) is 0 Å². The van der Waals surface area contributed by atoms with Gasteiger partial charge in [0.25, 0.3) is 0 Å². The van der Waals surface area contributed by atoms with E-state index < -0.39 is 0 Å². The second-order valence-electron chi connectivity index (χ2n) is 2.31. The van der Waals surface area contributed by atoms with Crippen molar-refractivity contribution in [3.63, 3.8) is 0 Å². The third-order valence-electron chi connectivity index (χ3n) is 1.40. The maximum atomic E-state index is 8.46. The van der Waals surface area contributed by atoms with Gasteiger partial charge in [-0.3, -0.25) is 4.98 Å². The number of aryl methyl sites for hydroxylation is 2. The van der Waals surface area contributed by atoms with Crippen LogP contribution in [0.4, 0.5) is 0 Å². The number of rotatable bonds is 2. The Morgan fingerprint density at radius 3 is 2.73 bits per heavy atom. The smallest absolute Gasteiger partial charge is 0.504 e. The molecule has 0 aliphatic heterocycles. The van der Waals surface area contributed by atoms with Crippen molar-refractivity contribution >= 4 is 7.69 Å². The molecule has 0 aromatic carbocycles. The van der Waals surface area contributed by atoms with Crippen LogP contribution in [0.25, 0.3) is 0 Å². The molecule has 0 saturated carbocycles. The van der Waals surface area contributed by atoms with E-state index in [1.165, 1.54) is 0 Å². The van der Waals surface area contributed by atoms with Gasteiger partial charge in [0.1, 0.15) is 5.75 Å². The lowest BCUT2D eigenvalue weighted by Gasteiger charge is -2.04. The van der Waals surface area contributed by atoms with Crippen LogP contribution in [0, 0.1) is 13.8 Å². The van der Waals surface area contributed by atoms with Gasteiger partial charge in [-0.15, -0.1) is 0 Å². The summed E-state index contributed by atoms with van der Waals surface area (Å²) in [5.74, 6) is 0.637. The number of hydrogen-bond donors (Lipinski definition) is 1. The predicted octanol–water partition coefficient (Wildman–Crippen LogP) is 0.336. The highest BCUT2D eigenvalue weighted by Crippen LogP contribution is 2.14. The molecule has 0 radical (unpaired) electrons. The predicted molar refractivity (Wildman–Crippen MR) is 43.7 cm³/mol. The van der Waals surface area contributed by atoms with Gasteiger partial charge < -0.3 is 9.68 Å². The van der Waals surface area contributed by atoms with Crippen LogP contribution < -0.4 is 4.65 Å². The van der Waals surface area contributed by atoms with Crippen LogP contribution in [0.2, 0.25) is 0 Å². The van der Waals surface area contributed by atoms with Gasteiger partial charge in [-0.05, 0) is 26.0 Å². The zero-order valence-electron chi connectivity index (χ0n) is 6.66. The van der Waals surface area contributed by atoms with Crippen LogP contribution in [0.3, 0.4) is 0 Å². The summed E-state index contributed by atoms with van der Waals surface area (Å²) in [4.78, 5) is 4.16. The Morgan fingerprint density at radius 1 is 1.45 bits per heavy atom. The summed E-state index contributed by atoms with van der Waals surface area (Å²) in [7, 11) is -0.300. The second-order valence-corrected chi connectivity index (χ2v) is 2.31. The number of hydrogen-bond acceptors (Lipinski definition) is 3. The fourth-order valence-corrected chi connectivity index (χ4v) is 0.896. The summed E-state index contributed by atoms with van der Waals surface area (Å²) in [6.45, 7) is 3.76. The Morgan fingerprint density at radius 2 is 2.18 bits per heavy atom. The molecule has 0 fully saturated rings. The normalized spacial score (nSPS) is 9.36. The first kappa shape index (κ1) is 8.08. The Kier molecular flexibility index (Phi) is 2.49. The molecule has 0 aliphatic rings. The average Bonchev–Trinajstić information content (AvgIpc) is 1.95. The number of nitrogens with zero attached hydrogens (tertiary/aromatic N) is 1. The third kappa shape index (κ3) is 1.95. The molecule has 1 heterocycles. The second kappa shape index (κ2) is 3.39. The summed E-state index contributed by atoms with van der Waals surface area (Å²) < 4.78 is 4.88. The maximum absolute atomic E-state index is 8.46. The van der Waals surface area contributed by atoms with E-state index in [0.29, 0.717) is 5.75 Å². The lowest BCUT2D eigenvalue weighted by atomic mass is 10.3. The molecule has 0 unspecified atom stereocenters. The molecule has 0 amide bonds. The van der Waals surface area contributed by atoms with E-state index in [1.807, 2.05) is 19.9 Å². The first-order valence-electron chi connectivity index (χ1n) is 3.42. The van der Waals surface area contributed by atoms with Gasteiger partial charge >= 0.3 is 7.69 Å². The van der Waals surface area contributed by atoms with Crippen LogP contribution in [0.15, 0.2) is 12.1 Å². The Balaban J connectivity index is 2.90. The lowest BCUT2D eigenvalue weighted by Crippen LogP contribution is -2.02. The molecule has 0 spiro atoms. The van der Waals surface area contributed by atoms with E-state index in [1.54, 1.807) is 6.07 Å². The monoisotopic (exact) mass is 151 g/mol. The van der Waals surface area contributed by atoms with Crippen LogP contribution in [-0.4, -0.2) is 17.7 Å². The van der Waals surface area contributed by atoms with Crippen LogP contribution in [0.1, 0.15) is 11.4 Å². The van der Waals surface area contributed by atoms with E-state index in [2.05, 4.69) is 4.98 Å². The molecule has 0 saturated heterocycles. The minimum Gasteiger partial charge on any atom is -0.538 e. The van der Waals surface area contributed by atoms with E-state index >= 15 is 0 Å². The molecule has 58 valence electrons. The minimum atomic E-state index is -0.300. The van der Waals surface area contributed by atoms with E-state index in [-0.39, 0.29) is 7.69 Å². The summed E-state index contributed by atoms with van der Waals surface area (Å²) >= 11 is 0. The molecule has 11 heavy (non-hydrogen) atoms. The fraction of sp³-hybridized carbons (Fsp3) is 0.286. The van der Waals surface area contributed by atoms with Crippen LogP contribution in [-0.2, 0) is 0 Å². The third-order valence-corrected chi connectivity index (χ3v) is 1.40. The van der Waals surface area contributed by atoms with Crippen LogP contribution in [0.5, 0.6) is 5.75 Å². The van der Waals surface area contributed by atoms with Gasteiger partial charge in [0.2, 0.25) is 0 Å². The van der Waals surface area contributed by atoms with Gasteiger partial charge in [-0.2, -0.15) is 0 Å². The molecule has 1 aromatic rings. The van der Waals surface area contributed by atoms with Crippen molar-refractivity contribution < 1.29 is 9.68 Å². The Labute approximate surface area is 66.3 Å². The van der Waals surface area contributed by atoms with Crippen molar-refractivity contribution in [3.8, 4) is 5.75 Å². The molecule has 3 nitrogen and oxygen atoms in total. The van der Waals surface area contributed by atoms with Gasteiger partial charge in [-0.1, -0.05) is 0 Å². The van der Waals surface area contributed by atoms with Gasteiger partial charge in [0.05, 0.1) is 5.69 Å². The van der Waals surface area contributed by atoms with E-state index in [9.17, 15) is 0 Å². The standard InChI is InChI=1S/C7H10BNO2/c1-5-3-4-7(11-8-10)6(2)9-5/h3-4,8,10H,1-2H3. The van der Waals surface area contributed by atoms with Gasteiger partial charge in [0.15, 0.2) is 0 Å². The molecule has 1 rings (SSSR count). The summed E-state index contributed by atoms with van der Waals surface area (Å²) in [6.07, 6.45) is 0. The highest BCUT2D eigenvalue weighted by molar-refractivity contribution is 6.17. The maximum Gasteiger partial charge on any atom is 0.504 e. The average molecular weight is 151 g/mol. The zero-order chi connectivity index (χ0) is 8.27. The van der Waals surface area contributed by atoms with Crippen molar-refractivity contribution in [2.45, 2.75) is 13.8 Å². The van der Waals surface area contributed by atoms with Crippen LogP contribution >= 0.6 is 0 Å². The molecule has 1 N–H and O–H groups in total. The zero-order valence-corrected chi connectivity index (χ0v) is 6.66. The highest BCUT2D eigenvalue weighted by atomic mass is 16.5. The molecule has 0 bridgehead atoms. The van der Waals surface area contributed by atoms with E-state index in [0.717, 1.165) is 11.4 Å². The van der Waals surface area contributed by atoms with Crippen molar-refractivity contribution in [1.82, 2.24) is 4.98 Å². The number of aromatic nitrogens is 1. The molecule has 4 heteroatoms. The van der Waals surface area contributed by atoms with Gasteiger partial charge in [0, 0.05) is 5.69 Å².